The van der Waals surface area contributed by atoms with Crippen molar-refractivity contribution in [1.82, 2.24) is 14.7 Å². The molecular weight excluding hydrogens is 372 g/mol. The summed E-state index contributed by atoms with van der Waals surface area (Å²) in [6, 6.07) is 13.7. The van der Waals surface area contributed by atoms with Gasteiger partial charge in [0.2, 0.25) is 11.8 Å². The van der Waals surface area contributed by atoms with E-state index in [2.05, 4.69) is 10.3 Å². The van der Waals surface area contributed by atoms with Crippen LogP contribution in [0, 0.1) is 5.92 Å². The number of carbonyl (C=O) groups is 2. The van der Waals surface area contributed by atoms with E-state index in [0.29, 0.717) is 19.5 Å². The summed E-state index contributed by atoms with van der Waals surface area (Å²) in [6.45, 7) is 0.937. The average molecular weight is 395 g/mol. The number of fused-ring (bicyclic) bond motifs is 1. The highest BCUT2D eigenvalue weighted by molar-refractivity contribution is 7.98. The van der Waals surface area contributed by atoms with Crippen LogP contribution in [-0.4, -0.2) is 40.5 Å². The van der Waals surface area contributed by atoms with Crippen LogP contribution in [0.4, 0.5) is 5.69 Å². The maximum atomic E-state index is 12.5. The Bertz CT molecular complexity index is 983. The predicted octanol–water partition coefficient (Wildman–Crippen LogP) is 2.77. The number of nitrogens with zero attached hydrogens (tertiary/aromatic N) is 3. The molecule has 28 heavy (non-hydrogen) atoms. The van der Waals surface area contributed by atoms with Crippen molar-refractivity contribution in [2.75, 3.05) is 24.2 Å². The first kappa shape index (κ1) is 18.6. The SMILES string of the molecule is CSc1cccc(N2CC(C(=O)NCCc3cn4ccccc4n3)CC2=O)c1. The first-order chi connectivity index (χ1) is 13.6. The lowest BCUT2D eigenvalue weighted by atomic mass is 10.1. The van der Waals surface area contributed by atoms with Gasteiger partial charge in [-0.25, -0.2) is 4.98 Å². The highest BCUT2D eigenvalue weighted by Crippen LogP contribution is 2.28. The van der Waals surface area contributed by atoms with Gasteiger partial charge in [0.1, 0.15) is 5.65 Å². The zero-order valence-electron chi connectivity index (χ0n) is 15.7. The van der Waals surface area contributed by atoms with Crippen LogP contribution in [0.2, 0.25) is 0 Å². The van der Waals surface area contributed by atoms with Crippen LogP contribution in [-0.2, 0) is 16.0 Å². The smallest absolute Gasteiger partial charge is 0.227 e. The molecule has 3 heterocycles. The Labute approximate surface area is 167 Å². The van der Waals surface area contributed by atoms with Crippen LogP contribution >= 0.6 is 11.8 Å². The van der Waals surface area contributed by atoms with Crippen molar-refractivity contribution < 1.29 is 9.59 Å². The topological polar surface area (TPSA) is 66.7 Å². The molecule has 0 spiro atoms. The minimum atomic E-state index is -0.313. The zero-order valence-corrected chi connectivity index (χ0v) is 16.5. The van der Waals surface area contributed by atoms with Crippen molar-refractivity contribution in [3.05, 3.63) is 60.6 Å². The lowest BCUT2D eigenvalue weighted by molar-refractivity contribution is -0.126. The van der Waals surface area contributed by atoms with Gasteiger partial charge in [-0.05, 0) is 36.6 Å². The molecule has 1 atom stereocenters. The Hall–Kier alpha value is -2.80. The second-order valence-electron chi connectivity index (χ2n) is 6.85. The third kappa shape index (κ3) is 3.89. The summed E-state index contributed by atoms with van der Waals surface area (Å²) in [5.74, 6) is -0.383. The molecule has 1 N–H and O–H groups in total. The van der Waals surface area contributed by atoms with Crippen molar-refractivity contribution in [3.63, 3.8) is 0 Å². The zero-order chi connectivity index (χ0) is 19.5. The Morgan fingerprint density at radius 2 is 2.18 bits per heavy atom. The lowest BCUT2D eigenvalue weighted by Crippen LogP contribution is -2.34. The number of rotatable bonds is 6. The van der Waals surface area contributed by atoms with Crippen LogP contribution in [0.15, 0.2) is 59.8 Å². The molecule has 144 valence electrons. The minimum absolute atomic E-state index is 0.00115. The molecule has 0 radical (unpaired) electrons. The van der Waals surface area contributed by atoms with Gasteiger partial charge in [0.15, 0.2) is 0 Å². The van der Waals surface area contributed by atoms with E-state index in [4.69, 9.17) is 0 Å². The van der Waals surface area contributed by atoms with Crippen molar-refractivity contribution in [2.24, 2.45) is 5.92 Å². The summed E-state index contributed by atoms with van der Waals surface area (Å²) in [5.41, 5.74) is 2.69. The molecular formula is C21H22N4O2S. The van der Waals surface area contributed by atoms with E-state index < -0.39 is 0 Å². The maximum Gasteiger partial charge on any atom is 0.227 e. The van der Waals surface area contributed by atoms with Gasteiger partial charge in [-0.3, -0.25) is 9.59 Å². The number of amides is 2. The van der Waals surface area contributed by atoms with Crippen LogP contribution < -0.4 is 10.2 Å². The molecule has 3 aromatic rings. The standard InChI is InChI=1S/C21H22N4O2S/c1-28-18-6-4-5-17(12-18)25-13-15(11-20(25)26)21(27)22-9-8-16-14-24-10-3-2-7-19(24)23-16/h2-7,10,12,14-15H,8-9,11,13H2,1H3,(H,22,27). The van der Waals surface area contributed by atoms with Gasteiger partial charge in [0.05, 0.1) is 11.6 Å². The summed E-state index contributed by atoms with van der Waals surface area (Å²) < 4.78 is 1.97. The third-order valence-electron chi connectivity index (χ3n) is 4.96. The van der Waals surface area contributed by atoms with E-state index in [1.54, 1.807) is 16.7 Å². The molecule has 1 aliphatic heterocycles. The third-order valence-corrected chi connectivity index (χ3v) is 5.68. The number of nitrogens with one attached hydrogen (secondary N) is 1. The van der Waals surface area contributed by atoms with Gasteiger partial charge in [0.25, 0.3) is 0 Å². The average Bonchev–Trinajstić information content (AvgIpc) is 3.31. The van der Waals surface area contributed by atoms with Crippen molar-refractivity contribution in [3.8, 4) is 0 Å². The van der Waals surface area contributed by atoms with E-state index >= 15 is 0 Å². The maximum absolute atomic E-state index is 12.5. The summed E-state index contributed by atoms with van der Waals surface area (Å²) in [6.07, 6.45) is 6.84. The number of hydrogen-bond donors (Lipinski definition) is 1. The van der Waals surface area contributed by atoms with Crippen molar-refractivity contribution in [1.29, 1.82) is 0 Å². The predicted molar refractivity (Wildman–Crippen MR) is 111 cm³/mol. The molecule has 1 aliphatic rings. The molecule has 1 unspecified atom stereocenters. The molecule has 7 heteroatoms. The molecule has 1 aromatic carbocycles. The van der Waals surface area contributed by atoms with E-state index in [1.807, 2.05) is 65.5 Å². The molecule has 6 nitrogen and oxygen atoms in total. The van der Waals surface area contributed by atoms with Gasteiger partial charge in [0, 0.05) is 48.9 Å². The Morgan fingerprint density at radius 1 is 1.29 bits per heavy atom. The van der Waals surface area contributed by atoms with Gasteiger partial charge < -0.3 is 14.6 Å². The van der Waals surface area contributed by atoms with Gasteiger partial charge in [-0.1, -0.05) is 12.1 Å². The first-order valence-corrected chi connectivity index (χ1v) is 10.5. The van der Waals surface area contributed by atoms with E-state index in [9.17, 15) is 9.59 Å². The van der Waals surface area contributed by atoms with Crippen LogP contribution in [0.5, 0.6) is 0 Å². The van der Waals surface area contributed by atoms with Crippen molar-refractivity contribution >= 4 is 34.9 Å². The summed E-state index contributed by atoms with van der Waals surface area (Å²) in [4.78, 5) is 32.3. The molecule has 2 amide bonds. The van der Waals surface area contributed by atoms with Crippen LogP contribution in [0.1, 0.15) is 12.1 Å². The van der Waals surface area contributed by atoms with Gasteiger partial charge in [-0.15, -0.1) is 11.8 Å². The largest absolute Gasteiger partial charge is 0.355 e. The molecule has 1 saturated heterocycles. The second kappa shape index (κ2) is 8.06. The Balaban J connectivity index is 1.33. The summed E-state index contributed by atoms with van der Waals surface area (Å²) >= 11 is 1.64. The molecule has 4 rings (SSSR count). The molecule has 1 fully saturated rings. The van der Waals surface area contributed by atoms with Gasteiger partial charge in [-0.2, -0.15) is 0 Å². The van der Waals surface area contributed by atoms with Gasteiger partial charge >= 0.3 is 0 Å². The van der Waals surface area contributed by atoms with Crippen LogP contribution in [0.3, 0.4) is 0 Å². The quantitative estimate of drug-likeness (QED) is 0.653. The Kier molecular flexibility index (Phi) is 5.34. The van der Waals surface area contributed by atoms with Crippen LogP contribution in [0.25, 0.3) is 5.65 Å². The normalized spacial score (nSPS) is 16.7. The van der Waals surface area contributed by atoms with E-state index in [-0.39, 0.29) is 24.2 Å². The van der Waals surface area contributed by atoms with Crippen molar-refractivity contribution in [2.45, 2.75) is 17.7 Å². The molecule has 0 bridgehead atoms. The monoisotopic (exact) mass is 394 g/mol. The fourth-order valence-corrected chi connectivity index (χ4v) is 3.93. The highest BCUT2D eigenvalue weighted by atomic mass is 32.2. The summed E-state index contributed by atoms with van der Waals surface area (Å²) in [7, 11) is 0. The lowest BCUT2D eigenvalue weighted by Gasteiger charge is -2.17. The fraction of sp³-hybridized carbons (Fsp3) is 0.286. The minimum Gasteiger partial charge on any atom is -0.355 e. The number of aromatic nitrogens is 2. The number of carbonyl (C=O) groups excluding carboxylic acids is 2. The molecule has 2 aromatic heterocycles. The second-order valence-corrected chi connectivity index (χ2v) is 7.73. The number of benzene rings is 1. The van der Waals surface area contributed by atoms with E-state index in [1.165, 1.54) is 0 Å². The highest BCUT2D eigenvalue weighted by Gasteiger charge is 2.35. The number of hydrogen-bond acceptors (Lipinski definition) is 4. The number of anilines is 1. The summed E-state index contributed by atoms with van der Waals surface area (Å²) in [5, 5.41) is 2.96. The first-order valence-electron chi connectivity index (χ1n) is 9.29. The number of thioether (sulfide) groups is 1. The number of pyridine rings is 1. The molecule has 0 saturated carbocycles. The molecule has 0 aliphatic carbocycles. The fourth-order valence-electron chi connectivity index (χ4n) is 3.48. The Morgan fingerprint density at radius 3 is 3.00 bits per heavy atom. The van der Waals surface area contributed by atoms with E-state index in [0.717, 1.165) is 21.9 Å². The number of imidazole rings is 1.